The molecule has 0 saturated carbocycles. The highest BCUT2D eigenvalue weighted by Crippen LogP contribution is 2.27. The number of halogens is 1. The number of furan rings is 1. The third kappa shape index (κ3) is 1.60. The summed E-state index contributed by atoms with van der Waals surface area (Å²) >= 11 is 2.24. The van der Waals surface area contributed by atoms with E-state index in [9.17, 15) is 0 Å². The van der Waals surface area contributed by atoms with E-state index in [4.69, 9.17) is 4.42 Å². The third-order valence-corrected chi connectivity index (χ3v) is 2.98. The summed E-state index contributed by atoms with van der Waals surface area (Å²) < 4.78 is 6.62. The normalized spacial score (nSPS) is 11.1. The van der Waals surface area contributed by atoms with Crippen molar-refractivity contribution in [1.29, 1.82) is 0 Å². The van der Waals surface area contributed by atoms with Crippen LogP contribution < -0.4 is 0 Å². The molecule has 0 fully saturated rings. The van der Waals surface area contributed by atoms with Gasteiger partial charge in [-0.25, -0.2) is 0 Å². The Labute approximate surface area is 81.3 Å². The van der Waals surface area contributed by atoms with Gasteiger partial charge in [-0.1, -0.05) is 13.8 Å². The highest BCUT2D eigenvalue weighted by Gasteiger charge is 2.13. The molecule has 1 nitrogen and oxygen atoms in total. The second kappa shape index (κ2) is 3.17. The molecule has 0 saturated heterocycles. The van der Waals surface area contributed by atoms with Crippen molar-refractivity contribution in [2.24, 2.45) is 0 Å². The van der Waals surface area contributed by atoms with Crippen LogP contribution in [0.15, 0.2) is 4.42 Å². The summed E-state index contributed by atoms with van der Waals surface area (Å²) in [5.74, 6) is 1.63. The molecule has 0 radical (unpaired) electrons. The molecule has 0 spiro atoms. The fourth-order valence-electron chi connectivity index (χ4n) is 1.13. The Hall–Kier alpha value is 0.01000. The fraction of sp³-hybridized carbons (Fsp3) is 0.556. The standard InChI is InChI=1S/C9H13IO/c1-5(2)8-6(3)7(4)9(10)11-8/h5H,1-4H3. The van der Waals surface area contributed by atoms with Crippen molar-refractivity contribution in [2.75, 3.05) is 0 Å². The lowest BCUT2D eigenvalue weighted by molar-refractivity contribution is 0.461. The van der Waals surface area contributed by atoms with Gasteiger partial charge in [-0.15, -0.1) is 0 Å². The lowest BCUT2D eigenvalue weighted by Gasteiger charge is -2.00. The first-order valence-electron chi connectivity index (χ1n) is 3.79. The van der Waals surface area contributed by atoms with E-state index in [1.54, 1.807) is 0 Å². The quantitative estimate of drug-likeness (QED) is 0.706. The van der Waals surface area contributed by atoms with E-state index in [0.717, 1.165) is 9.53 Å². The van der Waals surface area contributed by atoms with Crippen LogP contribution in [0.25, 0.3) is 0 Å². The van der Waals surface area contributed by atoms with Crippen LogP contribution in [0.3, 0.4) is 0 Å². The maximum absolute atomic E-state index is 5.59. The van der Waals surface area contributed by atoms with Crippen LogP contribution in [0.2, 0.25) is 0 Å². The highest BCUT2D eigenvalue weighted by atomic mass is 127. The van der Waals surface area contributed by atoms with Gasteiger partial charge in [-0.2, -0.15) is 0 Å². The van der Waals surface area contributed by atoms with Crippen molar-refractivity contribution in [1.82, 2.24) is 0 Å². The van der Waals surface area contributed by atoms with Gasteiger partial charge in [0, 0.05) is 11.5 Å². The topological polar surface area (TPSA) is 13.1 Å². The first kappa shape index (κ1) is 9.10. The van der Waals surface area contributed by atoms with Gasteiger partial charge < -0.3 is 4.42 Å². The molecule has 0 N–H and O–H groups in total. The van der Waals surface area contributed by atoms with Crippen molar-refractivity contribution >= 4 is 22.6 Å². The maximum Gasteiger partial charge on any atom is 0.167 e. The van der Waals surface area contributed by atoms with Gasteiger partial charge >= 0.3 is 0 Å². The summed E-state index contributed by atoms with van der Waals surface area (Å²) in [6.45, 7) is 8.53. The zero-order chi connectivity index (χ0) is 8.59. The SMILES string of the molecule is Cc1c(I)oc(C(C)C)c1C. The van der Waals surface area contributed by atoms with E-state index in [0.29, 0.717) is 5.92 Å². The van der Waals surface area contributed by atoms with E-state index in [-0.39, 0.29) is 0 Å². The third-order valence-electron chi connectivity index (χ3n) is 1.95. The molecule has 0 unspecified atom stereocenters. The molecule has 0 aliphatic rings. The number of hydrogen-bond acceptors (Lipinski definition) is 1. The highest BCUT2D eigenvalue weighted by molar-refractivity contribution is 14.1. The molecule has 62 valence electrons. The van der Waals surface area contributed by atoms with E-state index < -0.39 is 0 Å². The predicted octanol–water partition coefficient (Wildman–Crippen LogP) is 3.62. The van der Waals surface area contributed by atoms with Crippen LogP contribution in [-0.2, 0) is 0 Å². The molecule has 0 aromatic carbocycles. The van der Waals surface area contributed by atoms with Crippen LogP contribution >= 0.6 is 22.6 Å². The Morgan fingerprint density at radius 1 is 1.18 bits per heavy atom. The fourth-order valence-corrected chi connectivity index (χ4v) is 1.77. The molecule has 0 aliphatic carbocycles. The van der Waals surface area contributed by atoms with E-state index in [1.165, 1.54) is 11.1 Å². The van der Waals surface area contributed by atoms with Crippen molar-refractivity contribution < 1.29 is 4.42 Å². The number of hydrogen-bond donors (Lipinski definition) is 0. The van der Waals surface area contributed by atoms with Crippen molar-refractivity contribution in [3.63, 3.8) is 0 Å². The van der Waals surface area contributed by atoms with Crippen molar-refractivity contribution in [2.45, 2.75) is 33.6 Å². The molecular weight excluding hydrogens is 251 g/mol. The Kier molecular flexibility index (Phi) is 2.62. The zero-order valence-corrected chi connectivity index (χ0v) is 9.52. The Morgan fingerprint density at radius 2 is 1.73 bits per heavy atom. The average Bonchev–Trinajstić information content (AvgIpc) is 2.17. The van der Waals surface area contributed by atoms with Crippen LogP contribution in [0.5, 0.6) is 0 Å². The molecule has 1 rings (SSSR count). The molecule has 2 heteroatoms. The monoisotopic (exact) mass is 264 g/mol. The first-order valence-corrected chi connectivity index (χ1v) is 4.87. The largest absolute Gasteiger partial charge is 0.455 e. The van der Waals surface area contributed by atoms with Crippen LogP contribution in [0, 0.1) is 17.6 Å². The molecule has 0 aliphatic heterocycles. The Balaban J connectivity index is 3.19. The Morgan fingerprint density at radius 3 is 1.91 bits per heavy atom. The van der Waals surface area contributed by atoms with Crippen LogP contribution in [0.4, 0.5) is 0 Å². The van der Waals surface area contributed by atoms with E-state index >= 15 is 0 Å². The van der Waals surface area contributed by atoms with Gasteiger partial charge in [-0.3, -0.25) is 0 Å². The van der Waals surface area contributed by atoms with Gasteiger partial charge in [0.05, 0.1) is 0 Å². The summed E-state index contributed by atoms with van der Waals surface area (Å²) in [5, 5.41) is 0. The van der Waals surface area contributed by atoms with Crippen molar-refractivity contribution in [3.8, 4) is 0 Å². The van der Waals surface area contributed by atoms with Gasteiger partial charge in [0.25, 0.3) is 0 Å². The average molecular weight is 264 g/mol. The summed E-state index contributed by atoms with van der Waals surface area (Å²) in [6, 6.07) is 0. The first-order chi connectivity index (χ1) is 5.04. The lowest BCUT2D eigenvalue weighted by Crippen LogP contribution is -1.86. The summed E-state index contributed by atoms with van der Waals surface area (Å²) in [7, 11) is 0. The lowest BCUT2D eigenvalue weighted by atomic mass is 10.1. The van der Waals surface area contributed by atoms with E-state index in [2.05, 4.69) is 50.3 Å². The second-order valence-electron chi connectivity index (χ2n) is 3.14. The van der Waals surface area contributed by atoms with Crippen LogP contribution in [-0.4, -0.2) is 0 Å². The molecule has 0 amide bonds. The van der Waals surface area contributed by atoms with Gasteiger partial charge in [0.15, 0.2) is 3.77 Å². The molecule has 11 heavy (non-hydrogen) atoms. The Bertz CT molecular complexity index is 261. The molecule has 1 aromatic rings. The van der Waals surface area contributed by atoms with Gasteiger partial charge in [0.1, 0.15) is 5.76 Å². The van der Waals surface area contributed by atoms with Crippen LogP contribution in [0.1, 0.15) is 36.7 Å². The minimum Gasteiger partial charge on any atom is -0.455 e. The molecule has 1 aromatic heterocycles. The zero-order valence-electron chi connectivity index (χ0n) is 7.36. The summed E-state index contributed by atoms with van der Waals surface area (Å²) in [5.41, 5.74) is 2.60. The molecule has 0 bridgehead atoms. The maximum atomic E-state index is 5.59. The minimum absolute atomic E-state index is 0.497. The predicted molar refractivity (Wildman–Crippen MR) is 55.0 cm³/mol. The molecule has 1 heterocycles. The smallest absolute Gasteiger partial charge is 0.167 e. The number of rotatable bonds is 1. The van der Waals surface area contributed by atoms with E-state index in [1.807, 2.05) is 0 Å². The second-order valence-corrected chi connectivity index (χ2v) is 4.12. The molecular formula is C9H13IO. The van der Waals surface area contributed by atoms with Crippen molar-refractivity contribution in [3.05, 3.63) is 20.7 Å². The summed E-state index contributed by atoms with van der Waals surface area (Å²) in [6.07, 6.45) is 0. The van der Waals surface area contributed by atoms with Gasteiger partial charge in [-0.05, 0) is 42.0 Å². The summed E-state index contributed by atoms with van der Waals surface area (Å²) in [4.78, 5) is 0. The minimum atomic E-state index is 0.497. The molecule has 0 atom stereocenters. The van der Waals surface area contributed by atoms with Gasteiger partial charge in [0.2, 0.25) is 0 Å².